The maximum Gasteiger partial charge on any atom is 0.195 e. The monoisotopic (exact) mass is 424 g/mol. The highest BCUT2D eigenvalue weighted by atomic mass is 19.1. The summed E-state index contributed by atoms with van der Waals surface area (Å²) in [5, 5.41) is 0.548. The standard InChI is InChI=1S/C24H25FN2O4/c1-23(2)16-9-12(29-10-13-11-30-24(3,4)31-13)5-6-14(16)21(28)18-15-7-8-17(26)19(25)20(15)27-22(18)23/h5-9,13,27H,10-11,26H2,1-4H3/t13-/m0/s1. The zero-order valence-electron chi connectivity index (χ0n) is 18.0. The zero-order valence-corrected chi connectivity index (χ0v) is 18.0. The van der Waals surface area contributed by atoms with Crippen molar-refractivity contribution in [2.45, 2.75) is 45.0 Å². The van der Waals surface area contributed by atoms with E-state index in [-0.39, 0.29) is 23.1 Å². The summed E-state index contributed by atoms with van der Waals surface area (Å²) in [5.74, 6) is -0.642. The Morgan fingerprint density at radius 2 is 2.00 bits per heavy atom. The third-order valence-electron chi connectivity index (χ3n) is 6.21. The molecule has 3 aromatic rings. The first kappa shape index (κ1) is 20.0. The van der Waals surface area contributed by atoms with Gasteiger partial charge in [-0.15, -0.1) is 0 Å². The molecular weight excluding hydrogens is 399 g/mol. The Kier molecular flexibility index (Phi) is 4.23. The van der Waals surface area contributed by atoms with Crippen molar-refractivity contribution in [1.29, 1.82) is 0 Å². The third kappa shape index (κ3) is 3.03. The largest absolute Gasteiger partial charge is 0.491 e. The van der Waals surface area contributed by atoms with Crippen LogP contribution in [0.3, 0.4) is 0 Å². The summed E-state index contributed by atoms with van der Waals surface area (Å²) in [6, 6.07) is 8.64. The van der Waals surface area contributed by atoms with E-state index in [2.05, 4.69) is 4.98 Å². The van der Waals surface area contributed by atoms with Crippen LogP contribution in [0, 0.1) is 5.82 Å². The van der Waals surface area contributed by atoms with E-state index in [0.29, 0.717) is 41.2 Å². The minimum atomic E-state index is -0.608. The molecule has 1 aromatic heterocycles. The highest BCUT2D eigenvalue weighted by Gasteiger charge is 2.40. The topological polar surface area (TPSA) is 86.6 Å². The van der Waals surface area contributed by atoms with Crippen LogP contribution in [0.5, 0.6) is 5.75 Å². The molecule has 0 saturated carbocycles. The van der Waals surface area contributed by atoms with Gasteiger partial charge in [0, 0.05) is 22.1 Å². The Labute approximate surface area is 179 Å². The van der Waals surface area contributed by atoms with Crippen LogP contribution >= 0.6 is 0 Å². The molecule has 2 aliphatic rings. The molecule has 1 fully saturated rings. The average Bonchev–Trinajstić information content (AvgIpc) is 3.28. The number of nitrogens with one attached hydrogen (secondary N) is 1. The van der Waals surface area contributed by atoms with E-state index < -0.39 is 17.0 Å². The predicted molar refractivity (Wildman–Crippen MR) is 115 cm³/mol. The summed E-state index contributed by atoms with van der Waals surface area (Å²) in [6.07, 6.45) is -0.158. The molecule has 5 rings (SSSR count). The average molecular weight is 424 g/mol. The fourth-order valence-electron chi connectivity index (χ4n) is 4.58. The number of ether oxygens (including phenoxy) is 3. The molecule has 1 aliphatic heterocycles. The predicted octanol–water partition coefficient (Wildman–Crippen LogP) is 4.29. The molecule has 2 aromatic carbocycles. The molecule has 31 heavy (non-hydrogen) atoms. The van der Waals surface area contributed by atoms with E-state index in [1.165, 1.54) is 6.07 Å². The number of rotatable bonds is 3. The number of anilines is 1. The Bertz CT molecular complexity index is 1230. The van der Waals surface area contributed by atoms with Crippen molar-refractivity contribution >= 4 is 22.4 Å². The second-order valence-electron chi connectivity index (χ2n) is 9.19. The molecule has 0 bridgehead atoms. The molecule has 7 heteroatoms. The van der Waals surface area contributed by atoms with Gasteiger partial charge in [-0.25, -0.2) is 4.39 Å². The number of ketones is 1. The maximum atomic E-state index is 14.6. The normalized spacial score (nSPS) is 21.2. The summed E-state index contributed by atoms with van der Waals surface area (Å²) in [7, 11) is 0. The van der Waals surface area contributed by atoms with Crippen LogP contribution in [0.1, 0.15) is 54.9 Å². The Morgan fingerprint density at radius 1 is 1.23 bits per heavy atom. The van der Waals surface area contributed by atoms with Gasteiger partial charge in [0.1, 0.15) is 18.5 Å². The summed E-state index contributed by atoms with van der Waals surface area (Å²) in [4.78, 5) is 16.5. The molecular formula is C24H25FN2O4. The molecule has 0 spiro atoms. The van der Waals surface area contributed by atoms with Crippen LogP contribution in [-0.2, 0) is 14.9 Å². The molecule has 1 atom stereocenters. The van der Waals surface area contributed by atoms with Gasteiger partial charge in [-0.2, -0.15) is 0 Å². The molecule has 162 valence electrons. The summed E-state index contributed by atoms with van der Waals surface area (Å²) in [6.45, 7) is 8.57. The van der Waals surface area contributed by atoms with Crippen LogP contribution < -0.4 is 10.5 Å². The van der Waals surface area contributed by atoms with Crippen molar-refractivity contribution < 1.29 is 23.4 Å². The van der Waals surface area contributed by atoms with Crippen molar-refractivity contribution in [3.05, 3.63) is 58.5 Å². The van der Waals surface area contributed by atoms with Crippen LogP contribution in [0.25, 0.3) is 10.9 Å². The Balaban J connectivity index is 1.52. The lowest BCUT2D eigenvalue weighted by Gasteiger charge is -2.32. The van der Waals surface area contributed by atoms with E-state index in [4.69, 9.17) is 19.9 Å². The fraction of sp³-hybridized carbons (Fsp3) is 0.375. The summed E-state index contributed by atoms with van der Waals surface area (Å²) in [5.41, 5.74) is 8.07. The minimum Gasteiger partial charge on any atom is -0.491 e. The third-order valence-corrected chi connectivity index (χ3v) is 6.21. The zero-order chi connectivity index (χ0) is 22.1. The number of nitrogen functional groups attached to an aromatic ring is 1. The molecule has 1 aliphatic carbocycles. The second kappa shape index (κ2) is 6.55. The number of halogens is 1. The first-order valence-corrected chi connectivity index (χ1v) is 10.3. The van der Waals surface area contributed by atoms with E-state index in [1.807, 2.05) is 33.8 Å². The van der Waals surface area contributed by atoms with Crippen LogP contribution in [0.4, 0.5) is 10.1 Å². The Morgan fingerprint density at radius 3 is 2.71 bits per heavy atom. The van der Waals surface area contributed by atoms with Crippen LogP contribution in [0.15, 0.2) is 30.3 Å². The SMILES string of the molecule is CC1(C)OC[C@H](COc2ccc3c(c2)C(C)(C)c2[nH]c4c(F)c(N)ccc4c2C3=O)O1. The van der Waals surface area contributed by atoms with Gasteiger partial charge in [0.05, 0.1) is 23.4 Å². The van der Waals surface area contributed by atoms with Gasteiger partial charge in [-0.3, -0.25) is 4.79 Å². The smallest absolute Gasteiger partial charge is 0.195 e. The number of H-pyrrole nitrogens is 1. The number of carbonyl (C=O) groups is 1. The number of nitrogens with two attached hydrogens (primary N) is 1. The first-order chi connectivity index (χ1) is 14.6. The fourth-order valence-corrected chi connectivity index (χ4v) is 4.58. The van der Waals surface area contributed by atoms with Gasteiger partial charge in [-0.05, 0) is 49.7 Å². The minimum absolute atomic E-state index is 0.0471. The molecule has 0 radical (unpaired) electrons. The number of aromatic amines is 1. The first-order valence-electron chi connectivity index (χ1n) is 10.3. The number of aromatic nitrogens is 1. The highest BCUT2D eigenvalue weighted by molar-refractivity contribution is 6.20. The van der Waals surface area contributed by atoms with Crippen LogP contribution in [0.2, 0.25) is 0 Å². The molecule has 0 amide bonds. The quantitative estimate of drug-likeness (QED) is 0.613. The van der Waals surface area contributed by atoms with Gasteiger partial charge in [0.25, 0.3) is 0 Å². The van der Waals surface area contributed by atoms with Gasteiger partial charge >= 0.3 is 0 Å². The van der Waals surface area contributed by atoms with Crippen molar-refractivity contribution in [1.82, 2.24) is 4.98 Å². The van der Waals surface area contributed by atoms with Gasteiger partial charge in [-0.1, -0.05) is 13.8 Å². The molecule has 6 nitrogen and oxygen atoms in total. The second-order valence-corrected chi connectivity index (χ2v) is 9.19. The van der Waals surface area contributed by atoms with E-state index in [1.54, 1.807) is 18.2 Å². The molecule has 2 heterocycles. The lowest BCUT2D eigenvalue weighted by molar-refractivity contribution is -0.141. The van der Waals surface area contributed by atoms with Crippen molar-refractivity contribution in [2.24, 2.45) is 0 Å². The number of benzene rings is 2. The van der Waals surface area contributed by atoms with Crippen molar-refractivity contribution in [3.63, 3.8) is 0 Å². The van der Waals surface area contributed by atoms with E-state index >= 15 is 0 Å². The highest BCUT2D eigenvalue weighted by Crippen LogP contribution is 2.45. The van der Waals surface area contributed by atoms with Crippen molar-refractivity contribution in [2.75, 3.05) is 18.9 Å². The van der Waals surface area contributed by atoms with Gasteiger partial charge in [0.15, 0.2) is 17.4 Å². The molecule has 1 saturated heterocycles. The molecule has 0 unspecified atom stereocenters. The molecule has 3 N–H and O–H groups in total. The summed E-state index contributed by atoms with van der Waals surface area (Å²) >= 11 is 0. The van der Waals surface area contributed by atoms with Gasteiger partial charge < -0.3 is 24.9 Å². The number of fused-ring (bicyclic) bond motifs is 4. The lowest BCUT2D eigenvalue weighted by atomic mass is 9.71. The lowest BCUT2D eigenvalue weighted by Crippen LogP contribution is -2.30. The number of carbonyl (C=O) groups excluding carboxylic acids is 1. The van der Waals surface area contributed by atoms with Crippen LogP contribution in [-0.4, -0.2) is 35.9 Å². The number of hydrogen-bond acceptors (Lipinski definition) is 5. The van der Waals surface area contributed by atoms with Gasteiger partial charge in [0.2, 0.25) is 0 Å². The van der Waals surface area contributed by atoms with Crippen molar-refractivity contribution in [3.8, 4) is 5.75 Å². The summed E-state index contributed by atoms with van der Waals surface area (Å²) < 4.78 is 32.0. The van der Waals surface area contributed by atoms with E-state index in [0.717, 1.165) is 5.56 Å². The van der Waals surface area contributed by atoms with E-state index in [9.17, 15) is 9.18 Å². The number of hydrogen-bond donors (Lipinski definition) is 2. The Hall–Kier alpha value is -2.90. The maximum absolute atomic E-state index is 14.6.